The fourth-order valence-corrected chi connectivity index (χ4v) is 3.27. The Morgan fingerprint density at radius 1 is 1.09 bits per heavy atom. The number of rotatable bonds is 5. The maximum atomic E-state index is 11.3. The maximum Gasteiger partial charge on any atom is 0.238 e. The van der Waals surface area contributed by atoms with E-state index in [4.69, 9.17) is 9.88 Å². The molecule has 0 aliphatic heterocycles. The fourth-order valence-electron chi connectivity index (χ4n) is 2.76. The molecule has 3 rings (SSSR count). The summed E-state index contributed by atoms with van der Waals surface area (Å²) in [5.74, 6) is 1.47. The lowest BCUT2D eigenvalue weighted by Crippen LogP contribution is -2.11. The molecular weight excluding hydrogens is 312 g/mol. The minimum Gasteiger partial charge on any atom is -0.475 e. The van der Waals surface area contributed by atoms with Crippen molar-refractivity contribution in [2.75, 3.05) is 0 Å². The summed E-state index contributed by atoms with van der Waals surface area (Å²) in [5.41, 5.74) is 2.31. The Kier molecular flexibility index (Phi) is 4.12. The summed E-state index contributed by atoms with van der Waals surface area (Å²) in [6.07, 6.45) is 3.02. The smallest absolute Gasteiger partial charge is 0.238 e. The monoisotopic (exact) mass is 332 g/mol. The van der Waals surface area contributed by atoms with Crippen LogP contribution in [-0.4, -0.2) is 19.5 Å². The number of nitrogens with zero attached hydrogens (tertiary/aromatic N) is 1. The zero-order valence-electron chi connectivity index (χ0n) is 13.1. The number of benzene rings is 1. The summed E-state index contributed by atoms with van der Waals surface area (Å²) in [7, 11) is -3.63. The molecule has 2 atom stereocenters. The van der Waals surface area contributed by atoms with E-state index < -0.39 is 10.0 Å². The van der Waals surface area contributed by atoms with Crippen LogP contribution in [0.1, 0.15) is 43.2 Å². The number of pyridine rings is 1. The van der Waals surface area contributed by atoms with Gasteiger partial charge in [-0.1, -0.05) is 18.2 Å². The number of hydrogen-bond acceptors (Lipinski definition) is 4. The van der Waals surface area contributed by atoms with Gasteiger partial charge in [-0.3, -0.25) is 0 Å². The molecule has 1 saturated carbocycles. The Morgan fingerprint density at radius 2 is 1.70 bits per heavy atom. The number of sulfonamides is 1. The van der Waals surface area contributed by atoms with Crippen LogP contribution < -0.4 is 9.88 Å². The molecule has 1 fully saturated rings. The molecule has 1 aliphatic rings. The molecule has 0 bridgehead atoms. The molecule has 1 heterocycles. The lowest BCUT2D eigenvalue weighted by Gasteiger charge is -2.09. The highest BCUT2D eigenvalue weighted by atomic mass is 32.2. The second kappa shape index (κ2) is 5.94. The molecule has 23 heavy (non-hydrogen) atoms. The molecule has 1 aliphatic carbocycles. The van der Waals surface area contributed by atoms with Crippen molar-refractivity contribution in [3.63, 3.8) is 0 Å². The lowest BCUT2D eigenvalue weighted by atomic mass is 10.1. The van der Waals surface area contributed by atoms with Gasteiger partial charge in [0.1, 0.15) is 0 Å². The number of aromatic nitrogens is 1. The zero-order chi connectivity index (χ0) is 16.6. The van der Waals surface area contributed by atoms with Crippen LogP contribution in [0.15, 0.2) is 47.5 Å². The molecule has 122 valence electrons. The van der Waals surface area contributed by atoms with Gasteiger partial charge in [-0.2, -0.15) is 0 Å². The van der Waals surface area contributed by atoms with Crippen LogP contribution in [0.5, 0.6) is 5.88 Å². The first-order chi connectivity index (χ1) is 10.8. The van der Waals surface area contributed by atoms with E-state index in [-0.39, 0.29) is 11.0 Å². The van der Waals surface area contributed by atoms with E-state index in [9.17, 15) is 8.42 Å². The molecule has 2 N–H and O–H groups in total. The molecule has 0 unspecified atom stereocenters. The number of primary sulfonamides is 1. The van der Waals surface area contributed by atoms with Crippen molar-refractivity contribution in [3.8, 4) is 5.88 Å². The van der Waals surface area contributed by atoms with Gasteiger partial charge in [0, 0.05) is 12.3 Å². The summed E-state index contributed by atoms with van der Waals surface area (Å²) in [6.45, 7) is 3.94. The van der Waals surface area contributed by atoms with Crippen molar-refractivity contribution in [1.82, 2.24) is 4.98 Å². The van der Waals surface area contributed by atoms with E-state index in [1.807, 2.05) is 44.3 Å². The Morgan fingerprint density at radius 3 is 2.22 bits per heavy atom. The Hall–Kier alpha value is -1.92. The summed E-state index contributed by atoms with van der Waals surface area (Å²) in [4.78, 5) is 4.48. The van der Waals surface area contributed by atoms with Gasteiger partial charge in [-0.15, -0.1) is 0 Å². The Bertz CT molecular complexity index is 784. The summed E-state index contributed by atoms with van der Waals surface area (Å²) in [5, 5.41) is 5.12. The second-order valence-corrected chi connectivity index (χ2v) is 7.72. The molecule has 5 nitrogen and oxygen atoms in total. The quantitative estimate of drug-likeness (QED) is 0.912. The highest BCUT2D eigenvalue weighted by Crippen LogP contribution is 2.54. The number of nitrogens with two attached hydrogens (primary N) is 1. The molecule has 0 radical (unpaired) electrons. The molecular formula is C17H20N2O3S. The van der Waals surface area contributed by atoms with Gasteiger partial charge >= 0.3 is 0 Å². The molecule has 1 aromatic carbocycles. The molecule has 2 aromatic rings. The van der Waals surface area contributed by atoms with Gasteiger partial charge in [-0.25, -0.2) is 18.5 Å². The van der Waals surface area contributed by atoms with E-state index in [1.165, 1.54) is 5.56 Å². The van der Waals surface area contributed by atoms with Crippen molar-refractivity contribution in [2.45, 2.75) is 43.1 Å². The minimum absolute atomic E-state index is 0.111. The van der Waals surface area contributed by atoms with Crippen LogP contribution in [0.4, 0.5) is 0 Å². The van der Waals surface area contributed by atoms with Crippen LogP contribution in [0.25, 0.3) is 0 Å². The van der Waals surface area contributed by atoms with Crippen LogP contribution in [-0.2, 0) is 10.0 Å². The number of ether oxygens (including phenoxy) is 1. The van der Waals surface area contributed by atoms with E-state index in [0.717, 1.165) is 12.0 Å². The first-order valence-electron chi connectivity index (χ1n) is 7.60. The maximum absolute atomic E-state index is 11.3. The van der Waals surface area contributed by atoms with E-state index in [2.05, 4.69) is 4.98 Å². The predicted octanol–water partition coefficient (Wildman–Crippen LogP) is 2.79. The van der Waals surface area contributed by atoms with Crippen LogP contribution in [0, 0.1) is 0 Å². The van der Waals surface area contributed by atoms with Gasteiger partial charge in [-0.05, 0) is 55.4 Å². The third-order valence-corrected chi connectivity index (χ3v) is 4.90. The molecule has 0 saturated heterocycles. The first-order valence-corrected chi connectivity index (χ1v) is 9.14. The minimum atomic E-state index is -3.63. The van der Waals surface area contributed by atoms with Crippen LogP contribution in [0.3, 0.4) is 0 Å². The van der Waals surface area contributed by atoms with Crippen molar-refractivity contribution in [2.24, 2.45) is 5.14 Å². The molecule has 0 amide bonds. The average molecular weight is 332 g/mol. The van der Waals surface area contributed by atoms with E-state index in [0.29, 0.717) is 17.7 Å². The Labute approximate surface area is 136 Å². The number of hydrogen-bond donors (Lipinski definition) is 1. The fraction of sp³-hybridized carbons (Fsp3) is 0.353. The molecule has 0 spiro atoms. The normalized spacial score (nSPS) is 20.5. The standard InChI is InChI=1S/C17H20N2O3S/c1-11(2)22-17-8-5-13(10-19-17)16-9-15(16)12-3-6-14(7-4-12)23(18,20)21/h3-8,10-11,15-16H,9H2,1-2H3,(H2,18,20,21)/t15-,16-/m0/s1. The van der Waals surface area contributed by atoms with Gasteiger partial charge in [0.25, 0.3) is 0 Å². The highest BCUT2D eigenvalue weighted by Gasteiger charge is 2.39. The van der Waals surface area contributed by atoms with Gasteiger partial charge < -0.3 is 4.74 Å². The summed E-state index contributed by atoms with van der Waals surface area (Å²) < 4.78 is 28.1. The summed E-state index contributed by atoms with van der Waals surface area (Å²) in [6, 6.07) is 10.8. The van der Waals surface area contributed by atoms with E-state index >= 15 is 0 Å². The topological polar surface area (TPSA) is 82.3 Å². The van der Waals surface area contributed by atoms with Gasteiger partial charge in [0.2, 0.25) is 15.9 Å². The van der Waals surface area contributed by atoms with Crippen molar-refractivity contribution >= 4 is 10.0 Å². The van der Waals surface area contributed by atoms with Crippen molar-refractivity contribution in [1.29, 1.82) is 0 Å². The predicted molar refractivity (Wildman–Crippen MR) is 87.9 cm³/mol. The first kappa shape index (κ1) is 16.0. The van der Waals surface area contributed by atoms with Gasteiger partial charge in [0.15, 0.2) is 0 Å². The van der Waals surface area contributed by atoms with Gasteiger partial charge in [0.05, 0.1) is 11.0 Å². The summed E-state index contributed by atoms with van der Waals surface area (Å²) >= 11 is 0. The molecule has 1 aromatic heterocycles. The Balaban J connectivity index is 1.69. The SMILES string of the molecule is CC(C)Oc1ccc([C@@H]2C[C@H]2c2ccc(S(N)(=O)=O)cc2)cn1. The third-order valence-electron chi connectivity index (χ3n) is 3.97. The molecule has 6 heteroatoms. The lowest BCUT2D eigenvalue weighted by molar-refractivity contribution is 0.232. The van der Waals surface area contributed by atoms with Crippen LogP contribution >= 0.6 is 0 Å². The van der Waals surface area contributed by atoms with Crippen LogP contribution in [0.2, 0.25) is 0 Å². The largest absolute Gasteiger partial charge is 0.475 e. The van der Waals surface area contributed by atoms with E-state index in [1.54, 1.807) is 12.1 Å². The second-order valence-electron chi connectivity index (χ2n) is 6.16. The highest BCUT2D eigenvalue weighted by molar-refractivity contribution is 7.89. The van der Waals surface area contributed by atoms with Crippen molar-refractivity contribution < 1.29 is 13.2 Å². The van der Waals surface area contributed by atoms with Crippen molar-refractivity contribution in [3.05, 3.63) is 53.7 Å². The third kappa shape index (κ3) is 3.71. The zero-order valence-corrected chi connectivity index (χ0v) is 14.0. The average Bonchev–Trinajstić information content (AvgIpc) is 3.27.